The fraction of sp³-hybridized carbons (Fsp3) is 0.556. The van der Waals surface area contributed by atoms with Gasteiger partial charge in [0.2, 0.25) is 0 Å². The third kappa shape index (κ3) is 5.90. The molecular weight excluding hydrogens is 262 g/mol. The van der Waals surface area contributed by atoms with Crippen LogP contribution in [0.25, 0.3) is 0 Å². The van der Waals surface area contributed by atoms with E-state index in [1.807, 2.05) is 18.2 Å². The monoisotopic (exact) mass is 289 g/mol. The molecule has 1 aliphatic rings. The summed E-state index contributed by atoms with van der Waals surface area (Å²) in [4.78, 5) is 0. The lowest BCUT2D eigenvalue weighted by molar-refractivity contribution is 0.0302. The second-order valence-electron chi connectivity index (χ2n) is 5.51. The van der Waals surface area contributed by atoms with Crippen LogP contribution in [0.15, 0.2) is 36.9 Å². The molecule has 116 valence electrons. The summed E-state index contributed by atoms with van der Waals surface area (Å²) in [5.74, 6) is 0.929. The third-order valence-corrected chi connectivity index (χ3v) is 3.83. The highest BCUT2D eigenvalue weighted by atomic mass is 16.5. The maximum Gasteiger partial charge on any atom is 0.124 e. The van der Waals surface area contributed by atoms with Crippen molar-refractivity contribution < 1.29 is 9.47 Å². The van der Waals surface area contributed by atoms with Gasteiger partial charge < -0.3 is 14.8 Å². The van der Waals surface area contributed by atoms with Gasteiger partial charge in [0.05, 0.1) is 12.7 Å². The Morgan fingerprint density at radius 3 is 2.81 bits per heavy atom. The minimum absolute atomic E-state index is 0.490. The van der Waals surface area contributed by atoms with Crippen molar-refractivity contribution in [3.05, 3.63) is 42.5 Å². The predicted molar refractivity (Wildman–Crippen MR) is 86.7 cm³/mol. The molecule has 1 aromatic rings. The molecule has 2 rings (SSSR count). The van der Waals surface area contributed by atoms with E-state index in [2.05, 4.69) is 18.0 Å². The second-order valence-corrected chi connectivity index (χ2v) is 5.51. The zero-order valence-electron chi connectivity index (χ0n) is 12.9. The highest BCUT2D eigenvalue weighted by Gasteiger charge is 2.12. The molecule has 1 aromatic carbocycles. The molecule has 0 aromatic heterocycles. The minimum Gasteiger partial charge on any atom is -0.489 e. The van der Waals surface area contributed by atoms with Gasteiger partial charge in [-0.25, -0.2) is 0 Å². The molecule has 1 fully saturated rings. The Morgan fingerprint density at radius 1 is 1.19 bits per heavy atom. The Morgan fingerprint density at radius 2 is 2.00 bits per heavy atom. The Bertz CT molecular complexity index is 413. The first-order chi connectivity index (χ1) is 10.4. The Hall–Kier alpha value is -1.32. The molecule has 0 atom stereocenters. The molecule has 1 saturated carbocycles. The van der Waals surface area contributed by atoms with Crippen LogP contribution >= 0.6 is 0 Å². The maximum absolute atomic E-state index is 5.91. The fourth-order valence-corrected chi connectivity index (χ4v) is 2.69. The molecule has 0 heterocycles. The lowest BCUT2D eigenvalue weighted by Gasteiger charge is -2.22. The van der Waals surface area contributed by atoms with E-state index in [4.69, 9.17) is 9.47 Å². The topological polar surface area (TPSA) is 30.5 Å². The van der Waals surface area contributed by atoms with Crippen LogP contribution in [-0.4, -0.2) is 25.9 Å². The van der Waals surface area contributed by atoms with Gasteiger partial charge in [-0.1, -0.05) is 50.1 Å². The number of para-hydroxylation sites is 1. The summed E-state index contributed by atoms with van der Waals surface area (Å²) in [6.07, 6.45) is 8.75. The molecule has 0 unspecified atom stereocenters. The molecule has 0 spiro atoms. The summed E-state index contributed by atoms with van der Waals surface area (Å²) < 4.78 is 11.6. The lowest BCUT2D eigenvalue weighted by Crippen LogP contribution is -2.24. The number of rotatable bonds is 9. The van der Waals surface area contributed by atoms with Crippen molar-refractivity contribution in [2.45, 2.75) is 44.8 Å². The lowest BCUT2D eigenvalue weighted by atomic mass is 9.98. The Balaban J connectivity index is 1.64. The van der Waals surface area contributed by atoms with E-state index in [0.717, 1.165) is 25.4 Å². The molecule has 1 aliphatic carbocycles. The van der Waals surface area contributed by atoms with Crippen LogP contribution in [-0.2, 0) is 11.3 Å². The van der Waals surface area contributed by atoms with Crippen molar-refractivity contribution in [2.24, 2.45) is 0 Å². The maximum atomic E-state index is 5.91. The molecule has 0 saturated heterocycles. The average Bonchev–Trinajstić information content (AvgIpc) is 2.54. The molecule has 3 heteroatoms. The molecule has 0 radical (unpaired) electrons. The van der Waals surface area contributed by atoms with Crippen molar-refractivity contribution >= 4 is 0 Å². The van der Waals surface area contributed by atoms with Gasteiger partial charge >= 0.3 is 0 Å². The van der Waals surface area contributed by atoms with Crippen molar-refractivity contribution in [2.75, 3.05) is 19.8 Å². The van der Waals surface area contributed by atoms with Crippen LogP contribution in [0.3, 0.4) is 0 Å². The Kier molecular flexibility index (Phi) is 7.33. The molecule has 0 bridgehead atoms. The van der Waals surface area contributed by atoms with Crippen molar-refractivity contribution in [3.8, 4) is 5.75 Å². The predicted octanol–water partition coefficient (Wildman–Crippen LogP) is 3.69. The minimum atomic E-state index is 0.490. The first kappa shape index (κ1) is 16.1. The van der Waals surface area contributed by atoms with Crippen LogP contribution < -0.4 is 10.1 Å². The van der Waals surface area contributed by atoms with Crippen LogP contribution in [0.2, 0.25) is 0 Å². The third-order valence-electron chi connectivity index (χ3n) is 3.83. The van der Waals surface area contributed by atoms with E-state index in [0.29, 0.717) is 12.7 Å². The summed E-state index contributed by atoms with van der Waals surface area (Å²) in [7, 11) is 0. The number of ether oxygens (including phenoxy) is 2. The molecule has 21 heavy (non-hydrogen) atoms. The first-order valence-corrected chi connectivity index (χ1v) is 8.04. The molecule has 1 N–H and O–H groups in total. The molecule has 0 aliphatic heterocycles. The highest BCUT2D eigenvalue weighted by Crippen LogP contribution is 2.20. The number of benzene rings is 1. The van der Waals surface area contributed by atoms with Crippen molar-refractivity contribution in [1.29, 1.82) is 0 Å². The summed E-state index contributed by atoms with van der Waals surface area (Å²) in [6.45, 7) is 6.70. The summed E-state index contributed by atoms with van der Waals surface area (Å²) >= 11 is 0. The average molecular weight is 289 g/mol. The first-order valence-electron chi connectivity index (χ1n) is 8.04. The highest BCUT2D eigenvalue weighted by molar-refractivity contribution is 5.33. The van der Waals surface area contributed by atoms with Gasteiger partial charge in [-0.15, -0.1) is 0 Å². The van der Waals surface area contributed by atoms with Crippen LogP contribution in [0.5, 0.6) is 5.75 Å². The van der Waals surface area contributed by atoms with Crippen LogP contribution in [0.1, 0.15) is 37.7 Å². The van der Waals surface area contributed by atoms with E-state index in [1.54, 1.807) is 6.08 Å². The van der Waals surface area contributed by atoms with E-state index in [-0.39, 0.29) is 0 Å². The van der Waals surface area contributed by atoms with E-state index in [1.165, 1.54) is 37.7 Å². The second kappa shape index (κ2) is 9.59. The van der Waals surface area contributed by atoms with E-state index >= 15 is 0 Å². The van der Waals surface area contributed by atoms with Gasteiger partial charge in [-0.05, 0) is 18.9 Å². The zero-order valence-corrected chi connectivity index (χ0v) is 12.9. The number of nitrogens with one attached hydrogen (secondary N) is 1. The van der Waals surface area contributed by atoms with Crippen LogP contribution in [0, 0.1) is 0 Å². The summed E-state index contributed by atoms with van der Waals surface area (Å²) in [5, 5.41) is 3.43. The smallest absolute Gasteiger partial charge is 0.124 e. The molecule has 3 nitrogen and oxygen atoms in total. The van der Waals surface area contributed by atoms with Gasteiger partial charge in [0.25, 0.3) is 0 Å². The molecule has 0 amide bonds. The quantitative estimate of drug-likeness (QED) is 0.555. The van der Waals surface area contributed by atoms with E-state index < -0.39 is 0 Å². The van der Waals surface area contributed by atoms with E-state index in [9.17, 15) is 0 Å². The zero-order chi connectivity index (χ0) is 14.8. The fourth-order valence-electron chi connectivity index (χ4n) is 2.69. The van der Waals surface area contributed by atoms with Gasteiger partial charge in [-0.2, -0.15) is 0 Å². The summed E-state index contributed by atoms with van der Waals surface area (Å²) in [6, 6.07) is 8.12. The van der Waals surface area contributed by atoms with Gasteiger partial charge in [0, 0.05) is 18.7 Å². The van der Waals surface area contributed by atoms with Crippen LogP contribution in [0.4, 0.5) is 0 Å². The molecular formula is C18H27NO2. The van der Waals surface area contributed by atoms with Crippen molar-refractivity contribution in [3.63, 3.8) is 0 Å². The Labute approximate surface area is 128 Å². The summed E-state index contributed by atoms with van der Waals surface area (Å²) in [5.41, 5.74) is 1.18. The van der Waals surface area contributed by atoms with Gasteiger partial charge in [0.1, 0.15) is 12.4 Å². The largest absolute Gasteiger partial charge is 0.489 e. The SMILES string of the molecule is C=CCOc1ccccc1CNCCOC1CCCCC1. The van der Waals surface area contributed by atoms with Gasteiger partial charge in [-0.3, -0.25) is 0 Å². The number of hydrogen-bond donors (Lipinski definition) is 1. The number of hydrogen-bond acceptors (Lipinski definition) is 3. The van der Waals surface area contributed by atoms with Gasteiger partial charge in [0.15, 0.2) is 0 Å². The standard InChI is InChI=1S/C18H27NO2/c1-2-13-21-18-11-7-6-8-16(18)15-19-12-14-20-17-9-4-3-5-10-17/h2,6-8,11,17,19H,1,3-5,9-10,12-15H2. The van der Waals surface area contributed by atoms with Crippen molar-refractivity contribution in [1.82, 2.24) is 5.32 Å². The normalized spacial score (nSPS) is 15.8.